The summed E-state index contributed by atoms with van der Waals surface area (Å²) >= 11 is 0. The van der Waals surface area contributed by atoms with Crippen molar-refractivity contribution in [3.63, 3.8) is 0 Å². The normalized spacial score (nSPS) is 16.7. The van der Waals surface area contributed by atoms with E-state index in [4.69, 9.17) is 14.2 Å². The summed E-state index contributed by atoms with van der Waals surface area (Å²) in [5.41, 5.74) is 2.27. The zero-order valence-electron chi connectivity index (χ0n) is 14.5. The molecule has 0 saturated carbocycles. The summed E-state index contributed by atoms with van der Waals surface area (Å²) < 4.78 is 44.5. The van der Waals surface area contributed by atoms with E-state index < -0.39 is 10.0 Å². The van der Waals surface area contributed by atoms with Gasteiger partial charge < -0.3 is 14.2 Å². The van der Waals surface area contributed by atoms with Gasteiger partial charge in [-0.25, -0.2) is 13.1 Å². The molecule has 0 aliphatic carbocycles. The van der Waals surface area contributed by atoms with Crippen LogP contribution < -0.4 is 18.9 Å². The molecule has 7 heteroatoms. The minimum absolute atomic E-state index is 0.177. The number of hydrogen-bond donors (Lipinski definition) is 1. The van der Waals surface area contributed by atoms with E-state index in [2.05, 4.69) is 10.8 Å². The molecule has 0 amide bonds. The molecule has 0 fully saturated rings. The lowest BCUT2D eigenvalue weighted by Crippen LogP contribution is -2.34. The zero-order valence-corrected chi connectivity index (χ0v) is 15.3. The first-order valence-electron chi connectivity index (χ1n) is 8.68. The van der Waals surface area contributed by atoms with Crippen LogP contribution >= 0.6 is 0 Å². The van der Waals surface area contributed by atoms with Crippen molar-refractivity contribution < 1.29 is 22.6 Å². The van der Waals surface area contributed by atoms with Crippen molar-refractivity contribution in [1.82, 2.24) is 4.72 Å². The van der Waals surface area contributed by atoms with Crippen molar-refractivity contribution in [2.75, 3.05) is 19.8 Å². The summed E-state index contributed by atoms with van der Waals surface area (Å²) in [5, 5.41) is 0. The minimum atomic E-state index is -3.63. The Morgan fingerprint density at radius 3 is 2.54 bits per heavy atom. The Morgan fingerprint density at radius 1 is 0.962 bits per heavy atom. The standard InChI is InChI=1S/C19H21NO5S/c1-13(10-14-2-4-17-15(11-14)6-7-23-17)20-26(21,22)16-3-5-18-19(12-16)25-9-8-24-18/h2-5,11-13,20H,6-10H2,1H3. The summed E-state index contributed by atoms with van der Waals surface area (Å²) in [5.74, 6) is 1.97. The molecule has 6 nitrogen and oxygen atoms in total. The van der Waals surface area contributed by atoms with Gasteiger partial charge in [0.2, 0.25) is 10.0 Å². The van der Waals surface area contributed by atoms with E-state index >= 15 is 0 Å². The number of ether oxygens (including phenoxy) is 3. The predicted molar refractivity (Wildman–Crippen MR) is 96.6 cm³/mol. The summed E-state index contributed by atoms with van der Waals surface area (Å²) in [6, 6.07) is 10.5. The van der Waals surface area contributed by atoms with Gasteiger partial charge in [0.25, 0.3) is 0 Å². The monoisotopic (exact) mass is 375 g/mol. The molecule has 2 aliphatic rings. The van der Waals surface area contributed by atoms with Gasteiger partial charge in [-0.2, -0.15) is 0 Å². The van der Waals surface area contributed by atoms with Gasteiger partial charge in [-0.15, -0.1) is 0 Å². The second-order valence-electron chi connectivity index (χ2n) is 6.57. The summed E-state index contributed by atoms with van der Waals surface area (Å²) in [6.07, 6.45) is 1.51. The molecular formula is C19H21NO5S. The Kier molecular flexibility index (Phi) is 4.50. The lowest BCUT2D eigenvalue weighted by Gasteiger charge is -2.20. The van der Waals surface area contributed by atoms with Crippen molar-refractivity contribution >= 4 is 10.0 Å². The molecule has 0 spiro atoms. The maximum absolute atomic E-state index is 12.7. The lowest BCUT2D eigenvalue weighted by atomic mass is 10.0. The second-order valence-corrected chi connectivity index (χ2v) is 8.29. The Hall–Kier alpha value is -2.25. The van der Waals surface area contributed by atoms with Crippen LogP contribution in [0.4, 0.5) is 0 Å². The van der Waals surface area contributed by atoms with Gasteiger partial charge in [-0.3, -0.25) is 0 Å². The fraction of sp³-hybridized carbons (Fsp3) is 0.368. The Bertz CT molecular complexity index is 926. The van der Waals surface area contributed by atoms with Crippen molar-refractivity contribution in [3.8, 4) is 17.2 Å². The maximum atomic E-state index is 12.7. The molecule has 2 aromatic rings. The number of rotatable bonds is 5. The molecule has 1 unspecified atom stereocenters. The highest BCUT2D eigenvalue weighted by atomic mass is 32.2. The van der Waals surface area contributed by atoms with E-state index in [-0.39, 0.29) is 10.9 Å². The van der Waals surface area contributed by atoms with E-state index in [0.717, 1.165) is 17.7 Å². The molecule has 138 valence electrons. The first-order valence-corrected chi connectivity index (χ1v) is 10.2. The van der Waals surface area contributed by atoms with Gasteiger partial charge in [-0.1, -0.05) is 12.1 Å². The van der Waals surface area contributed by atoms with Gasteiger partial charge >= 0.3 is 0 Å². The molecule has 0 aromatic heterocycles. The van der Waals surface area contributed by atoms with Crippen LogP contribution in [-0.2, 0) is 22.9 Å². The minimum Gasteiger partial charge on any atom is -0.493 e. The van der Waals surface area contributed by atoms with Gasteiger partial charge in [-0.05, 0) is 42.7 Å². The lowest BCUT2D eigenvalue weighted by molar-refractivity contribution is 0.171. The summed E-state index contributed by atoms with van der Waals surface area (Å²) in [4.78, 5) is 0.177. The summed E-state index contributed by atoms with van der Waals surface area (Å²) in [7, 11) is -3.63. The molecule has 4 rings (SSSR count). The van der Waals surface area contributed by atoms with Crippen LogP contribution in [0.15, 0.2) is 41.3 Å². The van der Waals surface area contributed by atoms with Crippen LogP contribution in [0.3, 0.4) is 0 Å². The highest BCUT2D eigenvalue weighted by molar-refractivity contribution is 7.89. The number of hydrogen-bond acceptors (Lipinski definition) is 5. The largest absolute Gasteiger partial charge is 0.493 e. The van der Waals surface area contributed by atoms with E-state index in [1.54, 1.807) is 6.07 Å². The second kappa shape index (κ2) is 6.81. The SMILES string of the molecule is CC(Cc1ccc2c(c1)CCO2)NS(=O)(=O)c1ccc2c(c1)OCCO2. The molecular weight excluding hydrogens is 354 g/mol. The molecule has 2 aliphatic heterocycles. The first-order chi connectivity index (χ1) is 12.5. The Morgan fingerprint density at radius 2 is 1.69 bits per heavy atom. The van der Waals surface area contributed by atoms with Crippen LogP contribution in [-0.4, -0.2) is 34.3 Å². The van der Waals surface area contributed by atoms with Gasteiger partial charge in [0.1, 0.15) is 19.0 Å². The van der Waals surface area contributed by atoms with E-state index in [1.807, 2.05) is 19.1 Å². The maximum Gasteiger partial charge on any atom is 0.240 e. The third-order valence-electron chi connectivity index (χ3n) is 4.48. The van der Waals surface area contributed by atoms with E-state index in [9.17, 15) is 8.42 Å². The fourth-order valence-corrected chi connectivity index (χ4v) is 4.54. The molecule has 1 N–H and O–H groups in total. The van der Waals surface area contributed by atoms with E-state index in [1.165, 1.54) is 17.7 Å². The van der Waals surface area contributed by atoms with Crippen LogP contribution in [0.25, 0.3) is 0 Å². The molecule has 2 aromatic carbocycles. The molecule has 1 atom stereocenters. The molecule has 0 radical (unpaired) electrons. The molecule has 26 heavy (non-hydrogen) atoms. The number of fused-ring (bicyclic) bond motifs is 2. The first kappa shape index (κ1) is 17.2. The number of benzene rings is 2. The Balaban J connectivity index is 1.47. The molecule has 0 bridgehead atoms. The van der Waals surface area contributed by atoms with Crippen molar-refractivity contribution in [2.45, 2.75) is 30.7 Å². The zero-order chi connectivity index (χ0) is 18.1. The smallest absolute Gasteiger partial charge is 0.240 e. The van der Waals surface area contributed by atoms with Crippen molar-refractivity contribution in [3.05, 3.63) is 47.5 Å². The quantitative estimate of drug-likeness (QED) is 0.868. The van der Waals surface area contributed by atoms with Crippen molar-refractivity contribution in [1.29, 1.82) is 0 Å². The van der Waals surface area contributed by atoms with Crippen LogP contribution in [0.5, 0.6) is 17.2 Å². The molecule has 2 heterocycles. The third-order valence-corrected chi connectivity index (χ3v) is 6.06. The molecule has 0 saturated heterocycles. The fourth-order valence-electron chi connectivity index (χ4n) is 3.29. The third kappa shape index (κ3) is 3.50. The predicted octanol–water partition coefficient (Wildman–Crippen LogP) is 2.30. The summed E-state index contributed by atoms with van der Waals surface area (Å²) in [6.45, 7) is 3.47. The van der Waals surface area contributed by atoms with Crippen LogP contribution in [0.2, 0.25) is 0 Å². The average molecular weight is 375 g/mol. The van der Waals surface area contributed by atoms with Gasteiger partial charge in [0, 0.05) is 18.5 Å². The highest BCUT2D eigenvalue weighted by Crippen LogP contribution is 2.32. The van der Waals surface area contributed by atoms with Crippen LogP contribution in [0.1, 0.15) is 18.1 Å². The van der Waals surface area contributed by atoms with Gasteiger partial charge in [0.05, 0.1) is 11.5 Å². The van der Waals surface area contributed by atoms with Crippen molar-refractivity contribution in [2.24, 2.45) is 0 Å². The topological polar surface area (TPSA) is 73.9 Å². The average Bonchev–Trinajstić information content (AvgIpc) is 3.08. The number of sulfonamides is 1. The van der Waals surface area contributed by atoms with Crippen LogP contribution in [0, 0.1) is 0 Å². The van der Waals surface area contributed by atoms with E-state index in [0.29, 0.717) is 37.7 Å². The Labute approximate surface area is 153 Å². The van der Waals surface area contributed by atoms with Gasteiger partial charge in [0.15, 0.2) is 11.5 Å². The highest BCUT2D eigenvalue weighted by Gasteiger charge is 2.22. The number of nitrogens with one attached hydrogen (secondary N) is 1.